The Kier molecular flexibility index (Phi) is 6.92. The Morgan fingerprint density at radius 3 is 2.12 bits per heavy atom. The lowest BCUT2D eigenvalue weighted by Crippen LogP contribution is -2.41. The average Bonchev–Trinajstić information content (AvgIpc) is 2.60. The average molecular weight is 353 g/mol. The molecule has 2 aromatic carbocycles. The van der Waals surface area contributed by atoms with Gasteiger partial charge in [-0.05, 0) is 64.2 Å². The van der Waals surface area contributed by atoms with E-state index in [2.05, 4.69) is 10.6 Å². The Balaban J connectivity index is 2.03. The molecule has 2 aromatic rings. The lowest BCUT2D eigenvalue weighted by molar-refractivity contribution is -0.120. The lowest BCUT2D eigenvalue weighted by Gasteiger charge is -2.23. The van der Waals surface area contributed by atoms with Gasteiger partial charge in [0.05, 0.1) is 6.04 Å². The van der Waals surface area contributed by atoms with Crippen LogP contribution in [-0.4, -0.2) is 42.9 Å². The van der Waals surface area contributed by atoms with E-state index in [1.807, 2.05) is 63.2 Å². The quantitative estimate of drug-likeness (QED) is 0.804. The number of hydrogen-bond acceptors (Lipinski definition) is 3. The van der Waals surface area contributed by atoms with E-state index in [4.69, 9.17) is 0 Å². The van der Waals surface area contributed by atoms with Gasteiger partial charge in [0, 0.05) is 17.3 Å². The Morgan fingerprint density at radius 1 is 0.962 bits per heavy atom. The van der Waals surface area contributed by atoms with Crippen LogP contribution in [0.5, 0.6) is 0 Å². The third-order valence-corrected chi connectivity index (χ3v) is 4.03. The van der Waals surface area contributed by atoms with Gasteiger partial charge in [-0.25, -0.2) is 0 Å². The van der Waals surface area contributed by atoms with Crippen molar-refractivity contribution in [2.45, 2.75) is 32.4 Å². The van der Waals surface area contributed by atoms with Crippen molar-refractivity contribution in [2.24, 2.45) is 0 Å². The minimum Gasteiger partial charge on any atom is -0.350 e. The molecule has 138 valence electrons. The molecule has 0 aliphatic heterocycles. The molecule has 0 bridgehead atoms. The fraction of sp³-hybridized carbons (Fsp3) is 0.333. The maximum absolute atomic E-state index is 12.7. The smallest absolute Gasteiger partial charge is 0.251 e. The summed E-state index contributed by atoms with van der Waals surface area (Å²) in [5, 5.41) is 5.78. The van der Waals surface area contributed by atoms with Gasteiger partial charge >= 0.3 is 0 Å². The summed E-state index contributed by atoms with van der Waals surface area (Å²) in [6.45, 7) is 3.83. The van der Waals surface area contributed by atoms with Crippen LogP contribution in [0.4, 0.5) is 5.69 Å². The number of rotatable bonds is 7. The van der Waals surface area contributed by atoms with Crippen LogP contribution < -0.4 is 10.6 Å². The Morgan fingerprint density at radius 2 is 1.58 bits per heavy atom. The molecule has 0 aliphatic carbocycles. The van der Waals surface area contributed by atoms with Crippen LogP contribution in [0.15, 0.2) is 54.6 Å². The number of carbonyl (C=O) groups excluding carboxylic acids is 2. The first-order valence-corrected chi connectivity index (χ1v) is 8.79. The Bertz CT molecular complexity index is 725. The zero-order chi connectivity index (χ0) is 19.1. The first kappa shape index (κ1) is 19.7. The van der Waals surface area contributed by atoms with E-state index in [9.17, 15) is 9.59 Å². The molecule has 0 saturated heterocycles. The number of nitrogens with zero attached hydrogens (tertiary/aromatic N) is 1. The van der Waals surface area contributed by atoms with Crippen molar-refractivity contribution < 1.29 is 9.59 Å². The van der Waals surface area contributed by atoms with Gasteiger partial charge in [-0.15, -0.1) is 0 Å². The van der Waals surface area contributed by atoms with E-state index >= 15 is 0 Å². The first-order chi connectivity index (χ1) is 12.4. The predicted octanol–water partition coefficient (Wildman–Crippen LogP) is 2.94. The molecule has 0 spiro atoms. The molecule has 0 radical (unpaired) electrons. The van der Waals surface area contributed by atoms with E-state index < -0.39 is 0 Å². The van der Waals surface area contributed by atoms with Crippen LogP contribution in [0.3, 0.4) is 0 Å². The molecule has 0 heterocycles. The van der Waals surface area contributed by atoms with Crippen LogP contribution in [0.25, 0.3) is 0 Å². The highest BCUT2D eigenvalue weighted by atomic mass is 16.2. The maximum Gasteiger partial charge on any atom is 0.251 e. The van der Waals surface area contributed by atoms with E-state index in [0.29, 0.717) is 17.7 Å². The summed E-state index contributed by atoms with van der Waals surface area (Å²) in [6.07, 6.45) is 0.633. The molecule has 1 atom stereocenters. The minimum atomic E-state index is -0.277. The zero-order valence-corrected chi connectivity index (χ0v) is 15.8. The van der Waals surface area contributed by atoms with Gasteiger partial charge in [0.25, 0.3) is 5.91 Å². The summed E-state index contributed by atoms with van der Waals surface area (Å²) in [4.78, 5) is 26.6. The third kappa shape index (κ3) is 5.70. The van der Waals surface area contributed by atoms with Gasteiger partial charge < -0.3 is 10.6 Å². The number of nitrogens with one attached hydrogen (secondary N) is 2. The molecule has 5 heteroatoms. The van der Waals surface area contributed by atoms with Gasteiger partial charge in [-0.2, -0.15) is 0 Å². The number of benzene rings is 2. The van der Waals surface area contributed by atoms with E-state index in [1.165, 1.54) is 0 Å². The maximum atomic E-state index is 12.7. The van der Waals surface area contributed by atoms with Crippen LogP contribution in [0.2, 0.25) is 0 Å². The second-order valence-corrected chi connectivity index (χ2v) is 6.86. The summed E-state index contributed by atoms with van der Waals surface area (Å²) < 4.78 is 0. The highest BCUT2D eigenvalue weighted by Gasteiger charge is 2.21. The van der Waals surface area contributed by atoms with Crippen molar-refractivity contribution in [2.75, 3.05) is 19.4 Å². The van der Waals surface area contributed by atoms with E-state index in [-0.39, 0.29) is 23.9 Å². The van der Waals surface area contributed by atoms with Crippen LogP contribution in [-0.2, 0) is 11.2 Å². The van der Waals surface area contributed by atoms with Crippen LogP contribution in [0.1, 0.15) is 29.8 Å². The molecule has 5 nitrogen and oxygen atoms in total. The topological polar surface area (TPSA) is 61.4 Å². The second kappa shape index (κ2) is 9.15. The van der Waals surface area contributed by atoms with Crippen LogP contribution >= 0.6 is 0 Å². The second-order valence-electron chi connectivity index (χ2n) is 6.86. The summed E-state index contributed by atoms with van der Waals surface area (Å²) in [6, 6.07) is 16.7. The Labute approximate surface area is 155 Å². The third-order valence-electron chi connectivity index (χ3n) is 4.03. The zero-order valence-electron chi connectivity index (χ0n) is 15.8. The largest absolute Gasteiger partial charge is 0.350 e. The van der Waals surface area contributed by atoms with E-state index in [0.717, 1.165) is 5.56 Å². The van der Waals surface area contributed by atoms with Crippen molar-refractivity contribution in [3.63, 3.8) is 0 Å². The molecule has 0 fully saturated rings. The van der Waals surface area contributed by atoms with Gasteiger partial charge in [-0.3, -0.25) is 14.5 Å². The van der Waals surface area contributed by atoms with Gasteiger partial charge in [-0.1, -0.05) is 30.3 Å². The predicted molar refractivity (Wildman–Crippen MR) is 105 cm³/mol. The fourth-order valence-electron chi connectivity index (χ4n) is 2.62. The molecular weight excluding hydrogens is 326 g/mol. The van der Waals surface area contributed by atoms with E-state index in [1.54, 1.807) is 24.3 Å². The SMILES string of the molecule is CC(C)NC(=O)c1ccc(NC(=O)[C@H](Cc2ccccc2)N(C)C)cc1. The molecule has 0 aromatic heterocycles. The number of likely N-dealkylation sites (N-methyl/N-ethyl adjacent to an activating group) is 1. The molecule has 2 rings (SSSR count). The standard InChI is InChI=1S/C21H27N3O2/c1-15(2)22-20(25)17-10-12-18(13-11-17)23-21(26)19(24(3)4)14-16-8-6-5-7-9-16/h5-13,15,19H,14H2,1-4H3,(H,22,25)(H,23,26)/t19-/m0/s1. The van der Waals surface area contributed by atoms with Crippen LogP contribution in [0, 0.1) is 0 Å². The van der Waals surface area contributed by atoms with Gasteiger partial charge in [0.15, 0.2) is 0 Å². The van der Waals surface area contributed by atoms with Crippen molar-refractivity contribution in [3.05, 3.63) is 65.7 Å². The molecule has 26 heavy (non-hydrogen) atoms. The highest BCUT2D eigenvalue weighted by Crippen LogP contribution is 2.13. The first-order valence-electron chi connectivity index (χ1n) is 8.79. The summed E-state index contributed by atoms with van der Waals surface area (Å²) in [7, 11) is 3.79. The number of anilines is 1. The normalized spacial score (nSPS) is 12.1. The molecular formula is C21H27N3O2. The van der Waals surface area contributed by atoms with Gasteiger partial charge in [0.2, 0.25) is 5.91 Å². The lowest BCUT2D eigenvalue weighted by atomic mass is 10.0. The number of amides is 2. The summed E-state index contributed by atoms with van der Waals surface area (Å²) >= 11 is 0. The van der Waals surface area contributed by atoms with Crippen molar-refractivity contribution >= 4 is 17.5 Å². The fourth-order valence-corrected chi connectivity index (χ4v) is 2.62. The molecule has 2 amide bonds. The monoisotopic (exact) mass is 353 g/mol. The molecule has 0 unspecified atom stereocenters. The number of carbonyl (C=O) groups is 2. The Hall–Kier alpha value is -2.66. The summed E-state index contributed by atoms with van der Waals surface area (Å²) in [5.74, 6) is -0.189. The van der Waals surface area contributed by atoms with Crippen molar-refractivity contribution in [3.8, 4) is 0 Å². The number of hydrogen-bond donors (Lipinski definition) is 2. The summed E-state index contributed by atoms with van der Waals surface area (Å²) in [5.41, 5.74) is 2.36. The molecule has 0 aliphatic rings. The molecule has 2 N–H and O–H groups in total. The van der Waals surface area contributed by atoms with Crippen molar-refractivity contribution in [1.29, 1.82) is 0 Å². The minimum absolute atomic E-state index is 0.0711. The molecule has 0 saturated carbocycles. The highest BCUT2D eigenvalue weighted by molar-refractivity contribution is 5.97. The van der Waals surface area contributed by atoms with Crippen molar-refractivity contribution in [1.82, 2.24) is 10.2 Å². The van der Waals surface area contributed by atoms with Gasteiger partial charge in [0.1, 0.15) is 0 Å².